The molecule has 5 nitrogen and oxygen atoms in total. The van der Waals surface area contributed by atoms with Crippen molar-refractivity contribution >= 4 is 29.1 Å². The van der Waals surface area contributed by atoms with Crippen LogP contribution in [0.5, 0.6) is 0 Å². The van der Waals surface area contributed by atoms with Crippen LogP contribution in [-0.2, 0) is 0 Å². The molecule has 2 aromatic carbocycles. The normalized spacial score (nSPS) is 12.2. The topological polar surface area (TPSA) is 68.0 Å². The predicted molar refractivity (Wildman–Crippen MR) is 106 cm³/mol. The molecule has 1 aromatic heterocycles. The number of benzene rings is 2. The quantitative estimate of drug-likeness (QED) is 0.612. The van der Waals surface area contributed by atoms with Crippen molar-refractivity contribution in [2.24, 2.45) is 5.92 Å². The van der Waals surface area contributed by atoms with Crippen molar-refractivity contribution in [3.05, 3.63) is 69.5 Å². The second kappa shape index (κ2) is 8.11. The maximum absolute atomic E-state index is 12.6. The summed E-state index contributed by atoms with van der Waals surface area (Å²) < 4.78 is 5.43. The van der Waals surface area contributed by atoms with Gasteiger partial charge in [-0.05, 0) is 36.6 Å². The molecule has 1 amide bonds. The molecular formula is C20H19Cl2N3O2. The molecule has 27 heavy (non-hydrogen) atoms. The lowest BCUT2D eigenvalue weighted by Gasteiger charge is -2.18. The van der Waals surface area contributed by atoms with E-state index in [0.717, 1.165) is 11.1 Å². The molecule has 0 saturated carbocycles. The van der Waals surface area contributed by atoms with E-state index in [4.69, 9.17) is 27.7 Å². The van der Waals surface area contributed by atoms with Crippen LogP contribution in [0.15, 0.2) is 47.0 Å². The lowest BCUT2D eigenvalue weighted by atomic mass is 10.0. The number of carbonyl (C=O) groups is 1. The highest BCUT2D eigenvalue weighted by atomic mass is 35.5. The van der Waals surface area contributed by atoms with Gasteiger partial charge in [-0.25, -0.2) is 0 Å². The zero-order valence-corrected chi connectivity index (χ0v) is 16.7. The highest BCUT2D eigenvalue weighted by molar-refractivity contribution is 6.33. The molecule has 0 aliphatic heterocycles. The summed E-state index contributed by atoms with van der Waals surface area (Å²) in [6.07, 6.45) is 0. The van der Waals surface area contributed by atoms with Crippen molar-refractivity contribution < 1.29 is 9.32 Å². The number of nitrogens with zero attached hydrogens (tertiary/aromatic N) is 2. The van der Waals surface area contributed by atoms with Crippen LogP contribution >= 0.6 is 23.2 Å². The van der Waals surface area contributed by atoms with E-state index in [0.29, 0.717) is 27.3 Å². The maximum atomic E-state index is 12.6. The van der Waals surface area contributed by atoms with Crippen LogP contribution in [0.2, 0.25) is 10.0 Å². The fourth-order valence-electron chi connectivity index (χ4n) is 2.59. The van der Waals surface area contributed by atoms with Crippen molar-refractivity contribution in [3.63, 3.8) is 0 Å². The van der Waals surface area contributed by atoms with E-state index < -0.39 is 6.04 Å². The Morgan fingerprint density at radius 2 is 1.85 bits per heavy atom. The highest BCUT2D eigenvalue weighted by Crippen LogP contribution is 2.27. The molecule has 0 bridgehead atoms. The molecule has 0 radical (unpaired) electrons. The first kappa shape index (κ1) is 19.4. The summed E-state index contributed by atoms with van der Waals surface area (Å²) in [5.74, 6) is 0.491. The molecule has 1 unspecified atom stereocenters. The Balaban J connectivity index is 1.86. The molecule has 7 heteroatoms. The van der Waals surface area contributed by atoms with Crippen molar-refractivity contribution in [1.82, 2.24) is 15.5 Å². The maximum Gasteiger partial charge on any atom is 0.253 e. The lowest BCUT2D eigenvalue weighted by Crippen LogP contribution is -2.32. The molecule has 3 aromatic rings. The van der Waals surface area contributed by atoms with E-state index in [1.165, 1.54) is 0 Å². The van der Waals surface area contributed by atoms with Gasteiger partial charge in [-0.2, -0.15) is 4.98 Å². The summed E-state index contributed by atoms with van der Waals surface area (Å²) in [6.45, 7) is 5.85. The number of halogens is 2. The van der Waals surface area contributed by atoms with Crippen LogP contribution in [0.3, 0.4) is 0 Å². The average Bonchev–Trinajstić information content (AvgIpc) is 3.11. The molecule has 0 aliphatic carbocycles. The third-order valence-electron chi connectivity index (χ3n) is 4.21. The second-order valence-corrected chi connectivity index (χ2v) is 7.41. The summed E-state index contributed by atoms with van der Waals surface area (Å²) in [5, 5.41) is 7.98. The standard InChI is InChI=1S/C20H19Cl2N3O2/c1-11(2)17(23-19(26)14-6-4-5-7-15(14)21)20-24-18(25-27-20)13-9-8-12(3)16(22)10-13/h4-11,17H,1-3H3,(H,23,26). The van der Waals surface area contributed by atoms with Gasteiger partial charge in [-0.3, -0.25) is 4.79 Å². The van der Waals surface area contributed by atoms with Gasteiger partial charge in [-0.1, -0.05) is 66.5 Å². The van der Waals surface area contributed by atoms with Gasteiger partial charge in [0, 0.05) is 10.6 Å². The molecule has 0 fully saturated rings. The summed E-state index contributed by atoms with van der Waals surface area (Å²) in [7, 11) is 0. The fourth-order valence-corrected chi connectivity index (χ4v) is 2.99. The molecule has 0 saturated heterocycles. The molecule has 1 atom stereocenters. The number of aromatic nitrogens is 2. The first-order valence-electron chi connectivity index (χ1n) is 8.52. The highest BCUT2D eigenvalue weighted by Gasteiger charge is 2.26. The number of hydrogen-bond acceptors (Lipinski definition) is 4. The van der Waals surface area contributed by atoms with E-state index in [-0.39, 0.29) is 11.8 Å². The van der Waals surface area contributed by atoms with Gasteiger partial charge in [0.2, 0.25) is 11.7 Å². The minimum Gasteiger partial charge on any atom is -0.340 e. The third kappa shape index (κ3) is 4.31. The van der Waals surface area contributed by atoms with Crippen molar-refractivity contribution in [1.29, 1.82) is 0 Å². The largest absolute Gasteiger partial charge is 0.340 e. The van der Waals surface area contributed by atoms with Gasteiger partial charge in [-0.15, -0.1) is 0 Å². The zero-order valence-electron chi connectivity index (χ0n) is 15.2. The average molecular weight is 404 g/mol. The third-order valence-corrected chi connectivity index (χ3v) is 4.95. The van der Waals surface area contributed by atoms with E-state index in [9.17, 15) is 4.79 Å². The molecule has 140 valence electrons. The number of rotatable bonds is 5. The molecular weight excluding hydrogens is 385 g/mol. The Bertz CT molecular complexity index is 969. The number of hydrogen-bond donors (Lipinski definition) is 1. The summed E-state index contributed by atoms with van der Waals surface area (Å²) in [4.78, 5) is 17.1. The van der Waals surface area contributed by atoms with Gasteiger partial charge in [0.05, 0.1) is 10.6 Å². The first-order chi connectivity index (χ1) is 12.9. The second-order valence-electron chi connectivity index (χ2n) is 6.60. The van der Waals surface area contributed by atoms with Crippen LogP contribution in [0.4, 0.5) is 0 Å². The van der Waals surface area contributed by atoms with Gasteiger partial charge in [0.15, 0.2) is 0 Å². The Hall–Kier alpha value is -2.37. The monoisotopic (exact) mass is 403 g/mol. The van der Waals surface area contributed by atoms with E-state index in [1.807, 2.05) is 32.9 Å². The van der Waals surface area contributed by atoms with Crippen LogP contribution in [0, 0.1) is 12.8 Å². The molecule has 3 rings (SSSR count). The van der Waals surface area contributed by atoms with Crippen LogP contribution in [0.25, 0.3) is 11.4 Å². The molecule has 0 aliphatic rings. The number of carbonyl (C=O) groups excluding carboxylic acids is 1. The van der Waals surface area contributed by atoms with Crippen LogP contribution in [0.1, 0.15) is 41.7 Å². The molecule has 1 N–H and O–H groups in total. The van der Waals surface area contributed by atoms with Crippen molar-refractivity contribution in [2.45, 2.75) is 26.8 Å². The van der Waals surface area contributed by atoms with Crippen LogP contribution < -0.4 is 5.32 Å². The number of aryl methyl sites for hydroxylation is 1. The Labute approximate surface area is 167 Å². The van der Waals surface area contributed by atoms with E-state index >= 15 is 0 Å². The van der Waals surface area contributed by atoms with Crippen molar-refractivity contribution in [3.8, 4) is 11.4 Å². The SMILES string of the molecule is Cc1ccc(-c2noc(C(NC(=O)c3ccccc3Cl)C(C)C)n2)cc1Cl. The summed E-state index contributed by atoms with van der Waals surface area (Å²) >= 11 is 12.3. The fraction of sp³-hybridized carbons (Fsp3) is 0.250. The zero-order chi connectivity index (χ0) is 19.6. The van der Waals surface area contributed by atoms with Gasteiger partial charge in [0.1, 0.15) is 6.04 Å². The van der Waals surface area contributed by atoms with Gasteiger partial charge >= 0.3 is 0 Å². The van der Waals surface area contributed by atoms with Crippen molar-refractivity contribution in [2.75, 3.05) is 0 Å². The first-order valence-corrected chi connectivity index (χ1v) is 9.28. The van der Waals surface area contributed by atoms with Gasteiger partial charge < -0.3 is 9.84 Å². The minimum absolute atomic E-state index is 0.0337. The molecule has 1 heterocycles. The number of nitrogens with one attached hydrogen (secondary N) is 1. The Morgan fingerprint density at radius 3 is 2.52 bits per heavy atom. The minimum atomic E-state index is -0.448. The smallest absolute Gasteiger partial charge is 0.253 e. The Kier molecular flexibility index (Phi) is 5.82. The molecule has 0 spiro atoms. The van der Waals surface area contributed by atoms with Crippen LogP contribution in [-0.4, -0.2) is 16.0 Å². The van der Waals surface area contributed by atoms with E-state index in [1.54, 1.807) is 30.3 Å². The summed E-state index contributed by atoms with van der Waals surface area (Å²) in [6, 6.07) is 12.0. The predicted octanol–water partition coefficient (Wildman–Crippen LogP) is 5.48. The lowest BCUT2D eigenvalue weighted by molar-refractivity contribution is 0.0914. The summed E-state index contributed by atoms with van der Waals surface area (Å²) in [5.41, 5.74) is 2.12. The van der Waals surface area contributed by atoms with E-state index in [2.05, 4.69) is 15.5 Å². The Morgan fingerprint density at radius 1 is 1.11 bits per heavy atom. The van der Waals surface area contributed by atoms with Gasteiger partial charge in [0.25, 0.3) is 5.91 Å². The number of amides is 1.